The molecule has 0 radical (unpaired) electrons. The fourth-order valence-corrected chi connectivity index (χ4v) is 2.96. The largest absolute Gasteiger partial charge is 0.384 e. The van der Waals surface area contributed by atoms with Crippen molar-refractivity contribution in [2.24, 2.45) is 5.73 Å². The van der Waals surface area contributed by atoms with Gasteiger partial charge in [0.15, 0.2) is 0 Å². The number of amidine groups is 1. The molecule has 3 N–H and O–H groups in total. The monoisotopic (exact) mass is 336 g/mol. The summed E-state index contributed by atoms with van der Waals surface area (Å²) in [6, 6.07) is 5.75. The van der Waals surface area contributed by atoms with Gasteiger partial charge in [-0.3, -0.25) is 5.41 Å². The zero-order valence-corrected chi connectivity index (χ0v) is 13.0. The van der Waals surface area contributed by atoms with Crippen molar-refractivity contribution in [3.8, 4) is 0 Å². The molecule has 6 heteroatoms. The highest BCUT2D eigenvalue weighted by Gasteiger charge is 2.13. The van der Waals surface area contributed by atoms with E-state index in [1.54, 1.807) is 6.20 Å². The van der Waals surface area contributed by atoms with E-state index < -0.39 is 0 Å². The molecule has 0 spiro atoms. The first-order chi connectivity index (χ1) is 8.97. The van der Waals surface area contributed by atoms with E-state index >= 15 is 0 Å². The third-order valence-corrected chi connectivity index (χ3v) is 3.89. The van der Waals surface area contributed by atoms with Crippen LogP contribution in [-0.2, 0) is 0 Å². The number of nitrogens with two attached hydrogens (primary N) is 1. The van der Waals surface area contributed by atoms with E-state index in [4.69, 9.17) is 11.1 Å². The van der Waals surface area contributed by atoms with Crippen LogP contribution < -0.4 is 5.73 Å². The highest BCUT2D eigenvalue weighted by molar-refractivity contribution is 9.10. The molecule has 2 aromatic rings. The lowest BCUT2D eigenvalue weighted by Gasteiger charge is -2.11. The molecule has 98 valence electrons. The van der Waals surface area contributed by atoms with Crippen LogP contribution in [0.2, 0.25) is 0 Å². The highest BCUT2D eigenvalue weighted by Crippen LogP contribution is 2.29. The number of rotatable bonds is 3. The van der Waals surface area contributed by atoms with Crippen molar-refractivity contribution >= 4 is 33.5 Å². The number of aromatic nitrogens is 2. The summed E-state index contributed by atoms with van der Waals surface area (Å²) in [5, 5.41) is 9.23. The zero-order valence-electron chi connectivity index (χ0n) is 10.6. The Morgan fingerprint density at radius 2 is 2.11 bits per heavy atom. The van der Waals surface area contributed by atoms with Gasteiger partial charge < -0.3 is 5.73 Å². The molecule has 0 aliphatic heterocycles. The standard InChI is InChI=1S/C13H13BrN4S/c1-7-5-8(2)18-13(11(7)12(15)16)19-10-4-3-9(14)6-17-10/h3-6H,1-2H3,(H3,15,16). The second kappa shape index (κ2) is 5.71. The number of nitrogens with one attached hydrogen (secondary N) is 1. The molecule has 0 saturated carbocycles. The van der Waals surface area contributed by atoms with Gasteiger partial charge >= 0.3 is 0 Å². The summed E-state index contributed by atoms with van der Waals surface area (Å²) in [5.74, 6) is 0.0320. The minimum absolute atomic E-state index is 0.0320. The van der Waals surface area contributed by atoms with Gasteiger partial charge in [-0.2, -0.15) is 0 Å². The van der Waals surface area contributed by atoms with E-state index in [1.165, 1.54) is 11.8 Å². The van der Waals surface area contributed by atoms with Gasteiger partial charge in [0, 0.05) is 16.4 Å². The zero-order chi connectivity index (χ0) is 14.0. The lowest BCUT2D eigenvalue weighted by molar-refractivity contribution is 1.02. The first-order valence-electron chi connectivity index (χ1n) is 5.59. The molecular weight excluding hydrogens is 324 g/mol. The van der Waals surface area contributed by atoms with Crippen LogP contribution in [0.15, 0.2) is 38.9 Å². The number of pyridine rings is 2. The maximum Gasteiger partial charge on any atom is 0.125 e. The first kappa shape index (κ1) is 14.0. The minimum atomic E-state index is 0.0320. The maximum absolute atomic E-state index is 7.68. The van der Waals surface area contributed by atoms with E-state index in [9.17, 15) is 0 Å². The number of hydrogen-bond acceptors (Lipinski definition) is 4. The van der Waals surface area contributed by atoms with Crippen LogP contribution in [0.4, 0.5) is 0 Å². The van der Waals surface area contributed by atoms with E-state index in [2.05, 4.69) is 25.9 Å². The summed E-state index contributed by atoms with van der Waals surface area (Å²) in [5.41, 5.74) is 8.19. The molecule has 0 aliphatic rings. The van der Waals surface area contributed by atoms with Crippen LogP contribution in [-0.4, -0.2) is 15.8 Å². The van der Waals surface area contributed by atoms with Crippen LogP contribution in [0.5, 0.6) is 0 Å². The Hall–Kier alpha value is -1.40. The smallest absolute Gasteiger partial charge is 0.125 e. The Bertz CT molecular complexity index is 625. The van der Waals surface area contributed by atoms with Gasteiger partial charge in [-0.15, -0.1) is 0 Å². The molecule has 19 heavy (non-hydrogen) atoms. The van der Waals surface area contributed by atoms with Gasteiger partial charge in [0.1, 0.15) is 15.9 Å². The Morgan fingerprint density at radius 1 is 1.37 bits per heavy atom. The molecule has 4 nitrogen and oxygen atoms in total. The first-order valence-corrected chi connectivity index (χ1v) is 7.20. The lowest BCUT2D eigenvalue weighted by Crippen LogP contribution is -2.15. The van der Waals surface area contributed by atoms with Crippen molar-refractivity contribution in [2.75, 3.05) is 0 Å². The van der Waals surface area contributed by atoms with Crippen LogP contribution in [0.1, 0.15) is 16.8 Å². The molecule has 2 aromatic heterocycles. The van der Waals surface area contributed by atoms with Gasteiger partial charge in [0.25, 0.3) is 0 Å². The molecule has 0 aromatic carbocycles. The maximum atomic E-state index is 7.68. The summed E-state index contributed by atoms with van der Waals surface area (Å²) >= 11 is 4.77. The number of nitrogen functional groups attached to an aromatic ring is 1. The minimum Gasteiger partial charge on any atom is -0.384 e. The van der Waals surface area contributed by atoms with E-state index in [0.29, 0.717) is 5.56 Å². The van der Waals surface area contributed by atoms with E-state index in [1.807, 2.05) is 32.0 Å². The SMILES string of the molecule is Cc1cc(C)c(C(=N)N)c(Sc2ccc(Br)cn2)n1. The fourth-order valence-electron chi connectivity index (χ4n) is 1.73. The van der Waals surface area contributed by atoms with Gasteiger partial charge in [-0.1, -0.05) is 0 Å². The second-order valence-corrected chi connectivity index (χ2v) is 6.02. The van der Waals surface area contributed by atoms with Gasteiger partial charge in [-0.05, 0) is 65.3 Å². The molecule has 0 saturated heterocycles. The molecule has 0 amide bonds. The third-order valence-electron chi connectivity index (χ3n) is 2.48. The molecule has 0 atom stereocenters. The molecular formula is C13H13BrN4S. The summed E-state index contributed by atoms with van der Waals surface area (Å²) in [6.07, 6.45) is 1.73. The van der Waals surface area contributed by atoms with Crippen molar-refractivity contribution in [3.05, 3.63) is 45.7 Å². The number of nitrogens with zero attached hydrogens (tertiary/aromatic N) is 2. The van der Waals surface area contributed by atoms with Crippen LogP contribution in [0.3, 0.4) is 0 Å². The van der Waals surface area contributed by atoms with Crippen molar-refractivity contribution in [1.82, 2.24) is 9.97 Å². The van der Waals surface area contributed by atoms with Crippen molar-refractivity contribution < 1.29 is 0 Å². The van der Waals surface area contributed by atoms with Crippen molar-refractivity contribution in [2.45, 2.75) is 23.9 Å². The second-order valence-electron chi connectivity index (χ2n) is 4.09. The Morgan fingerprint density at radius 3 is 2.68 bits per heavy atom. The predicted molar refractivity (Wildman–Crippen MR) is 80.8 cm³/mol. The Kier molecular flexibility index (Phi) is 4.21. The lowest BCUT2D eigenvalue weighted by atomic mass is 10.1. The topological polar surface area (TPSA) is 75.7 Å². The average molecular weight is 337 g/mol. The van der Waals surface area contributed by atoms with Crippen LogP contribution in [0.25, 0.3) is 0 Å². The summed E-state index contributed by atoms with van der Waals surface area (Å²) in [4.78, 5) is 8.76. The van der Waals surface area contributed by atoms with Gasteiger partial charge in [0.05, 0.1) is 5.56 Å². The highest BCUT2D eigenvalue weighted by atomic mass is 79.9. The molecule has 0 bridgehead atoms. The molecule has 0 fully saturated rings. The Balaban J connectivity index is 2.44. The van der Waals surface area contributed by atoms with E-state index in [-0.39, 0.29) is 5.84 Å². The number of halogens is 1. The summed E-state index contributed by atoms with van der Waals surface area (Å²) < 4.78 is 0.928. The predicted octanol–water partition coefficient (Wildman–Crippen LogP) is 3.29. The van der Waals surface area contributed by atoms with Crippen molar-refractivity contribution in [3.63, 3.8) is 0 Å². The quantitative estimate of drug-likeness (QED) is 0.666. The average Bonchev–Trinajstić information content (AvgIpc) is 2.30. The summed E-state index contributed by atoms with van der Waals surface area (Å²) in [7, 11) is 0. The molecule has 0 aliphatic carbocycles. The van der Waals surface area contributed by atoms with Gasteiger partial charge in [-0.25, -0.2) is 9.97 Å². The molecule has 0 unspecified atom stereocenters. The fraction of sp³-hybridized carbons (Fsp3) is 0.154. The normalized spacial score (nSPS) is 10.5. The molecule has 2 heterocycles. The van der Waals surface area contributed by atoms with Crippen LogP contribution in [0, 0.1) is 19.3 Å². The number of aryl methyl sites for hydroxylation is 2. The van der Waals surface area contributed by atoms with Crippen LogP contribution >= 0.6 is 27.7 Å². The van der Waals surface area contributed by atoms with Crippen molar-refractivity contribution in [1.29, 1.82) is 5.41 Å². The third kappa shape index (κ3) is 3.33. The number of hydrogen-bond donors (Lipinski definition) is 2. The Labute approximate surface area is 124 Å². The van der Waals surface area contributed by atoms with E-state index in [0.717, 1.165) is 25.8 Å². The molecule has 2 rings (SSSR count). The van der Waals surface area contributed by atoms with Gasteiger partial charge in [0.2, 0.25) is 0 Å². The summed E-state index contributed by atoms with van der Waals surface area (Å²) in [6.45, 7) is 3.86.